The Morgan fingerprint density at radius 2 is 1.50 bits per heavy atom. The molecule has 2 atom stereocenters. The number of aromatic hydroxyl groups is 1. The highest BCUT2D eigenvalue weighted by Crippen LogP contribution is 2.14. The van der Waals surface area contributed by atoms with E-state index in [0.717, 1.165) is 29.8 Å². The largest absolute Gasteiger partial charge is 0.744 e. The number of likely N-dealkylation sites (N-methyl/N-ethyl adjacent to an activating group) is 1. The van der Waals surface area contributed by atoms with Gasteiger partial charge >= 0.3 is 0 Å². The van der Waals surface area contributed by atoms with Crippen LogP contribution in [0.25, 0.3) is 0 Å². The highest BCUT2D eigenvalue weighted by molar-refractivity contribution is 7.85. The molecule has 0 spiro atoms. The normalized spacial score (nSPS) is 13.8. The maximum atomic E-state index is 10.3. The molecule has 0 bridgehead atoms. The van der Waals surface area contributed by atoms with Gasteiger partial charge in [0.1, 0.15) is 28.0 Å². The summed E-state index contributed by atoms with van der Waals surface area (Å²) in [5, 5.41) is 18.7. The Balaban J connectivity index is 0.000000243. The molecule has 0 radical (unpaired) electrons. The number of hydrogen-bond donors (Lipinski definition) is 3. The third kappa shape index (κ3) is 6.29. The number of phenols is 1. The van der Waals surface area contributed by atoms with Gasteiger partial charge in [0.25, 0.3) is 0 Å². The number of aliphatic hydroxyl groups excluding tert-OH is 1. The summed E-state index contributed by atoms with van der Waals surface area (Å²) in [7, 11) is -0.276. The van der Waals surface area contributed by atoms with E-state index in [1.807, 2.05) is 37.3 Å². The molecule has 0 aliphatic rings. The van der Waals surface area contributed by atoms with E-state index < -0.39 is 10.1 Å². The zero-order valence-corrected chi connectivity index (χ0v) is 14.7. The number of hydrogen-bond acceptors (Lipinski definition) is 5. The van der Waals surface area contributed by atoms with Crippen molar-refractivity contribution in [1.82, 2.24) is 0 Å². The fourth-order valence-electron chi connectivity index (χ4n) is 1.87. The van der Waals surface area contributed by atoms with Crippen LogP contribution >= 0.6 is 0 Å². The lowest BCUT2D eigenvalue weighted by atomic mass is 10.0. The summed E-state index contributed by atoms with van der Waals surface area (Å²) in [6.07, 6.45) is -0.369. The van der Waals surface area contributed by atoms with Gasteiger partial charge in [0.15, 0.2) is 0 Å². The Bertz CT molecular complexity index is 714. The van der Waals surface area contributed by atoms with Crippen molar-refractivity contribution in [2.75, 3.05) is 14.1 Å². The number of aliphatic hydroxyl groups is 1. The van der Waals surface area contributed by atoms with Crippen LogP contribution in [0.4, 0.5) is 0 Å². The third-order valence-electron chi connectivity index (χ3n) is 3.65. The Morgan fingerprint density at radius 1 is 1.00 bits per heavy atom. The first-order valence-corrected chi connectivity index (χ1v) is 8.81. The molecule has 2 aromatic carbocycles. The van der Waals surface area contributed by atoms with Gasteiger partial charge in [0.05, 0.1) is 19.0 Å². The van der Waals surface area contributed by atoms with Gasteiger partial charge in [-0.15, -0.1) is 0 Å². The second kappa shape index (κ2) is 8.79. The maximum Gasteiger partial charge on any atom is 0.130 e. The number of quaternary nitrogens is 1. The summed E-state index contributed by atoms with van der Waals surface area (Å²) in [6.45, 7) is 2.05. The first-order valence-electron chi connectivity index (χ1n) is 7.41. The van der Waals surface area contributed by atoms with Gasteiger partial charge in [-0.2, -0.15) is 0 Å². The molecule has 24 heavy (non-hydrogen) atoms. The van der Waals surface area contributed by atoms with Gasteiger partial charge in [0, 0.05) is 0 Å². The predicted molar refractivity (Wildman–Crippen MR) is 89.7 cm³/mol. The predicted octanol–water partition coefficient (Wildman–Crippen LogP) is 0.549. The molecular weight excluding hydrogens is 330 g/mol. The number of nitrogens with one attached hydrogen (secondary N) is 1. The first kappa shape index (κ1) is 20.1. The molecule has 0 aromatic heterocycles. The third-order valence-corrected chi connectivity index (χ3v) is 4.50. The van der Waals surface area contributed by atoms with Crippen LogP contribution in [0.2, 0.25) is 0 Å². The van der Waals surface area contributed by atoms with E-state index in [2.05, 4.69) is 14.1 Å². The zero-order chi connectivity index (χ0) is 18.3. The molecule has 0 fully saturated rings. The minimum atomic E-state index is -4.38. The monoisotopic (exact) mass is 353 g/mol. The van der Waals surface area contributed by atoms with E-state index in [4.69, 9.17) is 5.11 Å². The van der Waals surface area contributed by atoms with Gasteiger partial charge in [0.2, 0.25) is 0 Å². The minimum Gasteiger partial charge on any atom is -0.744 e. The lowest BCUT2D eigenvalue weighted by molar-refractivity contribution is -0.888. The summed E-state index contributed by atoms with van der Waals surface area (Å²) >= 11 is 0. The second-order valence-electron chi connectivity index (χ2n) is 5.67. The molecule has 2 aromatic rings. The summed E-state index contributed by atoms with van der Waals surface area (Å²) in [4.78, 5) is 0.923. The highest BCUT2D eigenvalue weighted by Gasteiger charge is 2.20. The van der Waals surface area contributed by atoms with Crippen LogP contribution < -0.4 is 4.90 Å². The van der Waals surface area contributed by atoms with Crippen molar-refractivity contribution in [3.05, 3.63) is 60.2 Å². The summed E-state index contributed by atoms with van der Waals surface area (Å²) < 4.78 is 30.9. The van der Waals surface area contributed by atoms with Crippen molar-refractivity contribution in [2.45, 2.75) is 24.0 Å². The lowest BCUT2D eigenvalue weighted by Gasteiger charge is -2.22. The van der Waals surface area contributed by atoms with E-state index in [-0.39, 0.29) is 22.8 Å². The average Bonchev–Trinajstić information content (AvgIpc) is 2.54. The molecule has 3 N–H and O–H groups in total. The van der Waals surface area contributed by atoms with E-state index in [1.54, 1.807) is 0 Å². The number of phenolic OH excluding ortho intramolecular Hbond substituents is 1. The van der Waals surface area contributed by atoms with Crippen molar-refractivity contribution < 1.29 is 28.1 Å². The van der Waals surface area contributed by atoms with Crippen molar-refractivity contribution in [2.24, 2.45) is 0 Å². The fourth-order valence-corrected chi connectivity index (χ4v) is 2.34. The SMILES string of the molecule is C[C@@H]([C@H](O)c1ccccc1)[NH+](C)C.O=S(=O)([O-])c1ccc(O)cc1. The van der Waals surface area contributed by atoms with Gasteiger partial charge < -0.3 is 19.7 Å². The van der Waals surface area contributed by atoms with Gasteiger partial charge in [-0.1, -0.05) is 30.3 Å². The Hall–Kier alpha value is -1.93. The molecule has 0 heterocycles. The Morgan fingerprint density at radius 3 is 1.92 bits per heavy atom. The van der Waals surface area contributed by atoms with Gasteiger partial charge in [-0.05, 0) is 36.8 Å². The van der Waals surface area contributed by atoms with Gasteiger partial charge in [-0.25, -0.2) is 8.42 Å². The fraction of sp³-hybridized carbons (Fsp3) is 0.294. The van der Waals surface area contributed by atoms with Crippen molar-refractivity contribution in [3.63, 3.8) is 0 Å². The topological polar surface area (TPSA) is 102 Å². The van der Waals surface area contributed by atoms with Crippen LogP contribution in [0.1, 0.15) is 18.6 Å². The molecule has 0 saturated heterocycles. The molecule has 0 amide bonds. The van der Waals surface area contributed by atoms with E-state index in [9.17, 15) is 18.1 Å². The number of benzene rings is 2. The van der Waals surface area contributed by atoms with E-state index in [0.29, 0.717) is 0 Å². The molecule has 0 unspecified atom stereocenters. The Labute approximate surface area is 142 Å². The maximum absolute atomic E-state index is 10.3. The lowest BCUT2D eigenvalue weighted by Crippen LogP contribution is -3.10. The van der Waals surface area contributed by atoms with Gasteiger partial charge in [-0.3, -0.25) is 0 Å². The van der Waals surface area contributed by atoms with Crippen LogP contribution in [-0.2, 0) is 10.1 Å². The van der Waals surface area contributed by atoms with Crippen LogP contribution in [0, 0.1) is 0 Å². The van der Waals surface area contributed by atoms with Crippen LogP contribution in [0.15, 0.2) is 59.5 Å². The first-order chi connectivity index (χ1) is 11.1. The summed E-state index contributed by atoms with van der Waals surface area (Å²) in [6, 6.07) is 14.4. The molecular formula is C17H23NO5S. The zero-order valence-electron chi connectivity index (χ0n) is 13.9. The molecule has 2 rings (SSSR count). The minimum absolute atomic E-state index is 0.0719. The summed E-state index contributed by atoms with van der Waals surface area (Å²) in [5.41, 5.74) is 0.996. The standard InChI is InChI=1S/C11H17NO.C6H6O4S/c1-9(12(2)3)11(13)10-7-5-4-6-8-10;7-5-1-3-6(4-2-5)11(8,9)10/h4-9,11,13H,1-3H3;1-4,7H,(H,8,9,10)/t9-,11-;/m0./s1. The van der Waals surface area contributed by atoms with Crippen molar-refractivity contribution in [1.29, 1.82) is 0 Å². The molecule has 0 aliphatic heterocycles. The van der Waals surface area contributed by atoms with E-state index >= 15 is 0 Å². The molecule has 0 saturated carbocycles. The molecule has 6 nitrogen and oxygen atoms in total. The average molecular weight is 353 g/mol. The quantitative estimate of drug-likeness (QED) is 0.697. The molecule has 132 valence electrons. The second-order valence-corrected chi connectivity index (χ2v) is 7.05. The highest BCUT2D eigenvalue weighted by atomic mass is 32.2. The van der Waals surface area contributed by atoms with Crippen LogP contribution in [0.3, 0.4) is 0 Å². The summed E-state index contributed by atoms with van der Waals surface area (Å²) in [5.74, 6) is -0.0719. The van der Waals surface area contributed by atoms with Crippen LogP contribution in [0.5, 0.6) is 5.75 Å². The van der Waals surface area contributed by atoms with Crippen molar-refractivity contribution >= 4 is 10.1 Å². The smallest absolute Gasteiger partial charge is 0.130 e. The van der Waals surface area contributed by atoms with E-state index in [1.165, 1.54) is 4.90 Å². The van der Waals surface area contributed by atoms with Crippen LogP contribution in [-0.4, -0.2) is 43.3 Å². The molecule has 7 heteroatoms. The molecule has 0 aliphatic carbocycles. The van der Waals surface area contributed by atoms with Crippen molar-refractivity contribution in [3.8, 4) is 5.75 Å². The Kier molecular flexibility index (Phi) is 7.37. The number of rotatable bonds is 4.